The van der Waals surface area contributed by atoms with Crippen molar-refractivity contribution in [3.05, 3.63) is 23.9 Å². The molecule has 1 aromatic carbocycles. The summed E-state index contributed by atoms with van der Waals surface area (Å²) in [4.78, 5) is 67.9. The van der Waals surface area contributed by atoms with Gasteiger partial charge in [-0.3, -0.25) is 23.5 Å². The summed E-state index contributed by atoms with van der Waals surface area (Å²) in [6.07, 6.45) is 3.98. The molecule has 2 bridgehead atoms. The van der Waals surface area contributed by atoms with Crippen molar-refractivity contribution in [2.24, 2.45) is 17.3 Å². The maximum absolute atomic E-state index is 14.8. The summed E-state index contributed by atoms with van der Waals surface area (Å²) in [6.45, 7) is 9.71. The smallest absolute Gasteiger partial charge is 0.408 e. The van der Waals surface area contributed by atoms with Crippen molar-refractivity contribution >= 4 is 44.9 Å². The molecule has 0 radical (unpaired) electrons. The summed E-state index contributed by atoms with van der Waals surface area (Å²) in [5.41, 5.74) is -0.754. The highest BCUT2D eigenvalue weighted by Gasteiger charge is 2.64. The van der Waals surface area contributed by atoms with Gasteiger partial charge in [0.25, 0.3) is 5.91 Å². The van der Waals surface area contributed by atoms with E-state index in [1.807, 2.05) is 13.0 Å². The number of nitrogens with zero attached hydrogens (tertiary/aromatic N) is 3. The molecule has 0 unspecified atom stereocenters. The van der Waals surface area contributed by atoms with Crippen molar-refractivity contribution in [1.29, 1.82) is 0 Å². The third-order valence-corrected chi connectivity index (χ3v) is 14.6. The maximum Gasteiger partial charge on any atom is 0.408 e. The molecule has 1 saturated heterocycles. The van der Waals surface area contributed by atoms with Crippen LogP contribution in [0.2, 0.25) is 0 Å². The van der Waals surface area contributed by atoms with Crippen LogP contribution in [-0.2, 0) is 35.6 Å². The Morgan fingerprint density at radius 2 is 1.81 bits per heavy atom. The lowest BCUT2D eigenvalue weighted by molar-refractivity contribution is -0.143. The van der Waals surface area contributed by atoms with Crippen LogP contribution in [0.5, 0.6) is 11.6 Å². The first kappa shape index (κ1) is 43.3. The number of carbonyl (C=O) groups excluding carboxylic acids is 4. The molecule has 3 heterocycles. The van der Waals surface area contributed by atoms with Gasteiger partial charge < -0.3 is 29.7 Å². The number of nitrogens with one attached hydrogen (secondary N) is 3. The molecule has 3 fully saturated rings. The van der Waals surface area contributed by atoms with Gasteiger partial charge in [0.05, 0.1) is 36.1 Å². The SMILES string of the molecule is CC[C@@H]1CCCCCCc2nc3ccc(OC)cc3nc2O[C@H]2CN(C(=O)[C@H](C(C)(C)C)NC(=O)O1)[C@H](C(=O)N[C@]1(C(=O)NS(=O)(=O)C3(C)CC3)C[C@H]1CCF)[C@@H]2C. The van der Waals surface area contributed by atoms with E-state index in [9.17, 15) is 32.0 Å². The van der Waals surface area contributed by atoms with Crippen LogP contribution in [0.15, 0.2) is 18.2 Å². The molecule has 4 amide bonds. The number of alkyl carbamates (subject to hydrolysis) is 1. The number of alkyl halides is 1. The molecule has 320 valence electrons. The number of hydrogen-bond donors (Lipinski definition) is 3. The molecule has 58 heavy (non-hydrogen) atoms. The Morgan fingerprint density at radius 3 is 2.47 bits per heavy atom. The molecular formula is C41H59FN6O9S. The number of rotatable bonds is 9. The molecule has 15 nitrogen and oxygen atoms in total. The summed E-state index contributed by atoms with van der Waals surface area (Å²) < 4.78 is 59.0. The fourth-order valence-corrected chi connectivity index (χ4v) is 9.46. The van der Waals surface area contributed by atoms with E-state index in [0.29, 0.717) is 54.6 Å². The molecule has 2 aliphatic carbocycles. The Bertz CT molecular complexity index is 2010. The summed E-state index contributed by atoms with van der Waals surface area (Å²) in [5.74, 6) is -2.80. The molecule has 4 aliphatic rings. The van der Waals surface area contributed by atoms with Crippen LogP contribution in [0, 0.1) is 17.3 Å². The summed E-state index contributed by atoms with van der Waals surface area (Å²) in [6, 6.07) is 2.98. The van der Waals surface area contributed by atoms with Crippen molar-refractivity contribution in [1.82, 2.24) is 30.2 Å². The minimum Gasteiger partial charge on any atom is -0.497 e. The van der Waals surface area contributed by atoms with Crippen molar-refractivity contribution in [2.45, 2.75) is 147 Å². The molecule has 3 N–H and O–H groups in total. The van der Waals surface area contributed by atoms with Gasteiger partial charge in [-0.2, -0.15) is 0 Å². The van der Waals surface area contributed by atoms with Gasteiger partial charge in [-0.1, -0.05) is 47.5 Å². The Labute approximate surface area is 340 Å². The van der Waals surface area contributed by atoms with Crippen molar-refractivity contribution in [3.8, 4) is 11.6 Å². The molecule has 2 aromatic rings. The maximum atomic E-state index is 14.8. The van der Waals surface area contributed by atoms with Gasteiger partial charge >= 0.3 is 6.09 Å². The zero-order chi connectivity index (χ0) is 42.2. The van der Waals surface area contributed by atoms with Crippen LogP contribution < -0.4 is 24.8 Å². The average Bonchev–Trinajstić information content (AvgIpc) is 4.06. The first-order valence-electron chi connectivity index (χ1n) is 20.6. The van der Waals surface area contributed by atoms with E-state index in [0.717, 1.165) is 25.7 Å². The third-order valence-electron chi connectivity index (χ3n) is 12.5. The first-order chi connectivity index (χ1) is 27.4. The monoisotopic (exact) mass is 830 g/mol. The molecular weight excluding hydrogens is 772 g/mol. The molecule has 7 atom stereocenters. The second-order valence-corrected chi connectivity index (χ2v) is 20.0. The second-order valence-electron chi connectivity index (χ2n) is 17.8. The van der Waals surface area contributed by atoms with Gasteiger partial charge in [-0.25, -0.2) is 23.2 Å². The van der Waals surface area contributed by atoms with Gasteiger partial charge in [0, 0.05) is 12.0 Å². The lowest BCUT2D eigenvalue weighted by Gasteiger charge is -2.36. The third kappa shape index (κ3) is 8.98. The van der Waals surface area contributed by atoms with E-state index in [2.05, 4.69) is 15.4 Å². The van der Waals surface area contributed by atoms with E-state index in [-0.39, 0.29) is 31.4 Å². The van der Waals surface area contributed by atoms with Gasteiger partial charge in [-0.15, -0.1) is 0 Å². The van der Waals surface area contributed by atoms with Crippen LogP contribution in [0.1, 0.15) is 111 Å². The number of aryl methyl sites for hydroxylation is 1. The standard InChI is InChI=1S/C41H59FN6O9S/c1-8-26-13-11-9-10-12-14-29-35(44-30-21-27(55-7)15-16-28(30)43-29)57-31-23-48(36(50)33(39(3,4)5)45-38(52)56-26)32(24(31)2)34(49)46-41(22-25(41)17-20-42)37(51)47-58(53,54)40(6)18-19-40/h15-16,21,24-26,31-33H,8-14,17-20,22-23H2,1-7H3,(H,45,52)(H,46,49)(H,47,51)/t24-,25-,26-,31+,32+,33-,41-/m1/s1. The van der Waals surface area contributed by atoms with Crippen molar-refractivity contribution < 1.29 is 46.2 Å². The lowest BCUT2D eigenvalue weighted by Crippen LogP contribution is -2.61. The number of halogens is 1. The van der Waals surface area contributed by atoms with Gasteiger partial charge in [0.1, 0.15) is 41.3 Å². The highest BCUT2D eigenvalue weighted by Crippen LogP contribution is 2.48. The number of amides is 4. The summed E-state index contributed by atoms with van der Waals surface area (Å²) >= 11 is 0. The molecule has 6 rings (SSSR count). The number of fused-ring (bicyclic) bond motifs is 4. The largest absolute Gasteiger partial charge is 0.497 e. The van der Waals surface area contributed by atoms with Crippen molar-refractivity contribution in [3.63, 3.8) is 0 Å². The molecule has 0 spiro atoms. The zero-order valence-corrected chi connectivity index (χ0v) is 35.5. The number of carbonyl (C=O) groups is 4. The number of benzene rings is 1. The summed E-state index contributed by atoms with van der Waals surface area (Å²) in [7, 11) is -2.53. The minimum absolute atomic E-state index is 0.0197. The lowest BCUT2D eigenvalue weighted by atomic mass is 9.85. The summed E-state index contributed by atoms with van der Waals surface area (Å²) in [5, 5.41) is 5.59. The van der Waals surface area contributed by atoms with Gasteiger partial charge in [0.2, 0.25) is 27.7 Å². The van der Waals surface area contributed by atoms with E-state index in [1.165, 1.54) is 11.8 Å². The van der Waals surface area contributed by atoms with Crippen molar-refractivity contribution in [2.75, 3.05) is 20.3 Å². The molecule has 2 aliphatic heterocycles. The minimum atomic E-state index is -4.08. The molecule has 2 saturated carbocycles. The fraction of sp³-hybridized carbons (Fsp3) is 0.707. The van der Waals surface area contributed by atoms with Crippen LogP contribution >= 0.6 is 0 Å². The van der Waals surface area contributed by atoms with Crippen LogP contribution in [-0.4, -0.2) is 102 Å². The fourth-order valence-electron chi connectivity index (χ4n) is 8.15. The highest BCUT2D eigenvalue weighted by molar-refractivity contribution is 7.91. The van der Waals surface area contributed by atoms with Gasteiger partial charge in [-0.05, 0) is 88.2 Å². The number of hydrogen-bond acceptors (Lipinski definition) is 11. The number of cyclic esters (lactones) is 1. The normalized spacial score (nSPS) is 29.1. The Balaban J connectivity index is 1.38. The van der Waals surface area contributed by atoms with E-state index in [4.69, 9.17) is 24.2 Å². The van der Waals surface area contributed by atoms with Crippen LogP contribution in [0.25, 0.3) is 11.0 Å². The molecule has 17 heteroatoms. The van der Waals surface area contributed by atoms with Gasteiger partial charge in [0.15, 0.2) is 0 Å². The first-order valence-corrected chi connectivity index (χ1v) is 22.1. The number of ether oxygens (including phenoxy) is 3. The predicted molar refractivity (Wildman–Crippen MR) is 213 cm³/mol. The Hall–Kier alpha value is -4.28. The van der Waals surface area contributed by atoms with E-state index < -0.39 is 86.2 Å². The number of aromatic nitrogens is 2. The average molecular weight is 831 g/mol. The van der Waals surface area contributed by atoms with E-state index in [1.54, 1.807) is 46.9 Å². The second kappa shape index (κ2) is 16.8. The Morgan fingerprint density at radius 1 is 1.09 bits per heavy atom. The Kier molecular flexibility index (Phi) is 12.5. The molecule has 1 aromatic heterocycles. The topological polar surface area (TPSA) is 195 Å². The predicted octanol–water partition coefficient (Wildman–Crippen LogP) is 4.89. The zero-order valence-electron chi connectivity index (χ0n) is 34.7. The van der Waals surface area contributed by atoms with E-state index >= 15 is 0 Å². The number of sulfonamides is 1. The number of methoxy groups -OCH3 is 1. The highest BCUT2D eigenvalue weighted by atomic mass is 32.2. The van der Waals surface area contributed by atoms with Crippen LogP contribution in [0.4, 0.5) is 9.18 Å². The quantitative estimate of drug-likeness (QED) is 0.312. The van der Waals surface area contributed by atoms with Crippen LogP contribution in [0.3, 0.4) is 0 Å².